The summed E-state index contributed by atoms with van der Waals surface area (Å²) in [4.78, 5) is 2.46. The van der Waals surface area contributed by atoms with E-state index in [-0.39, 0.29) is 6.10 Å². The lowest BCUT2D eigenvalue weighted by Crippen LogP contribution is -2.51. The van der Waals surface area contributed by atoms with Gasteiger partial charge in [0.15, 0.2) is 0 Å². The fourth-order valence-electron chi connectivity index (χ4n) is 3.54. The summed E-state index contributed by atoms with van der Waals surface area (Å²) in [6, 6.07) is 11.4. The Labute approximate surface area is 179 Å². The molecular formula is C23H41NO4Si. The summed E-state index contributed by atoms with van der Waals surface area (Å²) in [5.41, 5.74) is 1.20. The Hall–Kier alpha value is -0.763. The highest BCUT2D eigenvalue weighted by atomic mass is 28.4. The predicted octanol–water partition coefficient (Wildman–Crippen LogP) is 5.06. The maximum absolute atomic E-state index is 6.81. The summed E-state index contributed by atoms with van der Waals surface area (Å²) in [5, 5.41) is 0. The van der Waals surface area contributed by atoms with Crippen LogP contribution in [0.1, 0.15) is 64.5 Å². The van der Waals surface area contributed by atoms with Crippen molar-refractivity contribution in [3.63, 3.8) is 0 Å². The van der Waals surface area contributed by atoms with Crippen molar-refractivity contribution in [2.75, 3.05) is 46.1 Å². The van der Waals surface area contributed by atoms with E-state index < -0.39 is 8.80 Å². The van der Waals surface area contributed by atoms with Crippen LogP contribution in [0.4, 0.5) is 0 Å². The van der Waals surface area contributed by atoms with Gasteiger partial charge in [0, 0.05) is 39.0 Å². The van der Waals surface area contributed by atoms with E-state index in [1.165, 1.54) is 5.56 Å². The molecule has 0 aromatic heterocycles. The highest BCUT2D eigenvalue weighted by Gasteiger charge is 2.44. The zero-order valence-electron chi connectivity index (χ0n) is 18.7. The molecule has 1 heterocycles. The molecule has 0 N–H and O–H groups in total. The first-order valence-corrected chi connectivity index (χ1v) is 13.5. The van der Waals surface area contributed by atoms with E-state index >= 15 is 0 Å². The van der Waals surface area contributed by atoms with Gasteiger partial charge in [-0.05, 0) is 38.3 Å². The van der Waals surface area contributed by atoms with E-state index in [0.29, 0.717) is 0 Å². The van der Waals surface area contributed by atoms with Gasteiger partial charge < -0.3 is 18.0 Å². The van der Waals surface area contributed by atoms with Gasteiger partial charge >= 0.3 is 8.80 Å². The minimum Gasteiger partial charge on any atom is -0.380 e. The summed E-state index contributed by atoms with van der Waals surface area (Å²) in [6.45, 7) is 12.2. The average molecular weight is 424 g/mol. The van der Waals surface area contributed by atoms with Crippen molar-refractivity contribution in [3.8, 4) is 0 Å². The summed E-state index contributed by atoms with van der Waals surface area (Å²) < 4.78 is 25.3. The number of rotatable bonds is 13. The molecule has 0 radical (unpaired) electrons. The van der Waals surface area contributed by atoms with Gasteiger partial charge in [0.2, 0.25) is 0 Å². The minimum absolute atomic E-state index is 0.0342. The number of hydrogen-bond donors (Lipinski definition) is 0. The van der Waals surface area contributed by atoms with Crippen molar-refractivity contribution >= 4 is 8.80 Å². The first-order chi connectivity index (χ1) is 14.2. The molecule has 0 spiro atoms. The molecule has 1 fully saturated rings. The quantitative estimate of drug-likeness (QED) is 0.328. The van der Waals surface area contributed by atoms with Gasteiger partial charge in [0.05, 0.1) is 12.7 Å². The molecule has 29 heavy (non-hydrogen) atoms. The molecule has 0 bridgehead atoms. The molecule has 0 amide bonds. The van der Waals surface area contributed by atoms with Crippen LogP contribution < -0.4 is 0 Å². The fraction of sp³-hybridized carbons (Fsp3) is 0.739. The molecule has 0 saturated carbocycles. The van der Waals surface area contributed by atoms with E-state index in [2.05, 4.69) is 49.1 Å². The first kappa shape index (κ1) is 24.5. The highest BCUT2D eigenvalue weighted by molar-refractivity contribution is 6.60. The Morgan fingerprint density at radius 3 is 2.31 bits per heavy atom. The summed E-state index contributed by atoms with van der Waals surface area (Å²) in [7, 11) is -2.71. The molecule has 1 saturated heterocycles. The maximum Gasteiger partial charge on any atom is 0.501 e. The number of hydrogen-bond acceptors (Lipinski definition) is 5. The number of unbranched alkanes of at least 4 members (excludes halogenated alkanes) is 2. The van der Waals surface area contributed by atoms with Crippen molar-refractivity contribution in [2.45, 2.75) is 65.0 Å². The summed E-state index contributed by atoms with van der Waals surface area (Å²) in [6.07, 6.45) is 5.34. The Kier molecular flexibility index (Phi) is 12.1. The van der Waals surface area contributed by atoms with Crippen LogP contribution in [-0.4, -0.2) is 59.8 Å². The molecule has 0 aliphatic carbocycles. The topological polar surface area (TPSA) is 40.2 Å². The smallest absolute Gasteiger partial charge is 0.380 e. The minimum atomic E-state index is -2.71. The second-order valence-electron chi connectivity index (χ2n) is 7.71. The lowest BCUT2D eigenvalue weighted by Gasteiger charge is -2.38. The molecule has 1 aliphatic heterocycles. The second-order valence-corrected chi connectivity index (χ2v) is 10.4. The fourth-order valence-corrected chi connectivity index (χ4v) is 6.31. The van der Waals surface area contributed by atoms with Crippen LogP contribution in [0, 0.1) is 0 Å². The zero-order chi connectivity index (χ0) is 20.8. The summed E-state index contributed by atoms with van der Waals surface area (Å²) >= 11 is 0. The Morgan fingerprint density at radius 1 is 1.00 bits per heavy atom. The number of ether oxygens (including phenoxy) is 1. The normalized spacial score (nSPS) is 20.3. The Bertz CT molecular complexity index is 521. The van der Waals surface area contributed by atoms with Gasteiger partial charge in [-0.15, -0.1) is 0 Å². The van der Waals surface area contributed by atoms with Crippen LogP contribution in [0.3, 0.4) is 0 Å². The zero-order valence-corrected chi connectivity index (χ0v) is 19.7. The van der Waals surface area contributed by atoms with Crippen LogP contribution in [-0.2, 0) is 18.0 Å². The molecule has 1 unspecified atom stereocenters. The van der Waals surface area contributed by atoms with Crippen LogP contribution in [0.25, 0.3) is 0 Å². The van der Waals surface area contributed by atoms with E-state index in [4.69, 9.17) is 18.0 Å². The highest BCUT2D eigenvalue weighted by Crippen LogP contribution is 2.31. The van der Waals surface area contributed by atoms with E-state index in [9.17, 15) is 0 Å². The van der Waals surface area contributed by atoms with Crippen LogP contribution in [0.15, 0.2) is 30.3 Å². The third kappa shape index (κ3) is 8.86. The lowest BCUT2D eigenvalue weighted by atomic mass is 10.1. The third-order valence-corrected chi connectivity index (χ3v) is 8.17. The van der Waals surface area contributed by atoms with Gasteiger partial charge in [-0.2, -0.15) is 0 Å². The van der Waals surface area contributed by atoms with Crippen molar-refractivity contribution in [2.24, 2.45) is 0 Å². The lowest BCUT2D eigenvalue weighted by molar-refractivity contribution is -0.00183. The van der Waals surface area contributed by atoms with Crippen molar-refractivity contribution < 1.29 is 18.0 Å². The van der Waals surface area contributed by atoms with Crippen LogP contribution >= 0.6 is 0 Å². The van der Waals surface area contributed by atoms with E-state index in [1.54, 1.807) is 0 Å². The number of benzene rings is 1. The molecule has 2 rings (SSSR count). The second kappa shape index (κ2) is 14.3. The van der Waals surface area contributed by atoms with Gasteiger partial charge in [-0.25, -0.2) is 0 Å². The van der Waals surface area contributed by atoms with Crippen molar-refractivity contribution in [1.82, 2.24) is 4.90 Å². The van der Waals surface area contributed by atoms with E-state index in [1.807, 2.05) is 6.92 Å². The van der Waals surface area contributed by atoms with Gasteiger partial charge in [-0.3, -0.25) is 4.90 Å². The molecular weight excluding hydrogens is 382 g/mol. The predicted molar refractivity (Wildman–Crippen MR) is 120 cm³/mol. The largest absolute Gasteiger partial charge is 0.501 e. The average Bonchev–Trinajstić information content (AvgIpc) is 2.72. The SMILES string of the molecule is CCCCO[Si]1(OCCCC)CCCN(CCOCC)CC(c2ccccc2)O1. The molecule has 166 valence electrons. The number of nitrogens with zero attached hydrogens (tertiary/aromatic N) is 1. The maximum atomic E-state index is 6.81. The first-order valence-electron chi connectivity index (χ1n) is 11.5. The molecule has 5 nitrogen and oxygen atoms in total. The van der Waals surface area contributed by atoms with Crippen LogP contribution in [0.2, 0.25) is 6.04 Å². The van der Waals surface area contributed by atoms with Gasteiger partial charge in [0.1, 0.15) is 0 Å². The van der Waals surface area contributed by atoms with Crippen LogP contribution in [0.5, 0.6) is 0 Å². The Balaban J connectivity index is 2.16. The van der Waals surface area contributed by atoms with Gasteiger partial charge in [-0.1, -0.05) is 57.0 Å². The molecule has 6 heteroatoms. The van der Waals surface area contributed by atoms with Crippen molar-refractivity contribution in [1.29, 1.82) is 0 Å². The monoisotopic (exact) mass is 423 g/mol. The Morgan fingerprint density at radius 2 is 1.69 bits per heavy atom. The molecule has 1 aromatic rings. The van der Waals surface area contributed by atoms with Crippen molar-refractivity contribution in [3.05, 3.63) is 35.9 Å². The van der Waals surface area contributed by atoms with Gasteiger partial charge in [0.25, 0.3) is 0 Å². The standard InChI is InChI=1S/C23H41NO4Si/c1-4-7-17-26-29(27-18-8-5-2)20-12-15-24(16-19-25-6-3)21-23(28-29)22-13-10-9-11-14-22/h9-11,13-14,23H,4-8,12,15-21H2,1-3H3. The molecule has 1 aliphatic rings. The summed E-state index contributed by atoms with van der Waals surface area (Å²) in [5.74, 6) is 0. The third-order valence-electron chi connectivity index (χ3n) is 5.27. The molecule has 1 atom stereocenters. The van der Waals surface area contributed by atoms with E-state index in [0.717, 1.165) is 84.2 Å². The molecule has 1 aromatic carbocycles.